The molecule has 0 aliphatic rings. The Morgan fingerprint density at radius 2 is 1.89 bits per heavy atom. The molecule has 0 aliphatic carbocycles. The molecule has 106 valence electrons. The maximum absolute atomic E-state index is 11.5. The highest BCUT2D eigenvalue weighted by Gasteiger charge is 2.15. The molecule has 1 N–H and O–H groups in total. The van der Waals surface area contributed by atoms with Gasteiger partial charge in [-0.15, -0.1) is 0 Å². The van der Waals surface area contributed by atoms with E-state index in [0.29, 0.717) is 6.42 Å². The summed E-state index contributed by atoms with van der Waals surface area (Å²) in [6.07, 6.45) is 1.23. The molecule has 0 heterocycles. The molecule has 19 heavy (non-hydrogen) atoms. The number of hydrogen-bond acceptors (Lipinski definition) is 3. The minimum absolute atomic E-state index is 0.138. The summed E-state index contributed by atoms with van der Waals surface area (Å²) in [5.74, 6) is -0.138. The fourth-order valence-electron chi connectivity index (χ4n) is 1.59. The van der Waals surface area contributed by atoms with E-state index in [2.05, 4.69) is 5.32 Å². The van der Waals surface area contributed by atoms with Crippen molar-refractivity contribution >= 4 is 17.6 Å². The van der Waals surface area contributed by atoms with Crippen molar-refractivity contribution in [2.24, 2.45) is 0 Å². The van der Waals surface area contributed by atoms with Gasteiger partial charge in [0.1, 0.15) is 5.60 Å². The summed E-state index contributed by atoms with van der Waals surface area (Å²) in [6.45, 7) is 7.21. The molecule has 0 radical (unpaired) electrons. The van der Waals surface area contributed by atoms with Crippen molar-refractivity contribution in [1.29, 1.82) is 0 Å². The summed E-state index contributed by atoms with van der Waals surface area (Å²) in [4.78, 5) is 11.5. The van der Waals surface area contributed by atoms with Crippen LogP contribution < -0.4 is 5.32 Å². The van der Waals surface area contributed by atoms with Crippen molar-refractivity contribution in [1.82, 2.24) is 5.32 Å². The number of ether oxygens (including phenoxy) is 1. The third-order valence-corrected chi connectivity index (χ3v) is 2.65. The van der Waals surface area contributed by atoms with Gasteiger partial charge in [0.2, 0.25) is 0 Å². The summed E-state index contributed by atoms with van der Waals surface area (Å²) >= 11 is 5.81. The van der Waals surface area contributed by atoms with Crippen LogP contribution in [0.2, 0.25) is 5.02 Å². The molecule has 0 unspecified atom stereocenters. The average Bonchev–Trinajstić information content (AvgIpc) is 2.29. The first-order valence-electron chi connectivity index (χ1n) is 6.54. The van der Waals surface area contributed by atoms with E-state index in [1.165, 1.54) is 5.56 Å². The van der Waals surface area contributed by atoms with Gasteiger partial charge in [0.25, 0.3) is 0 Å². The van der Waals surface area contributed by atoms with Crippen LogP contribution in [-0.4, -0.2) is 18.1 Å². The van der Waals surface area contributed by atoms with Crippen LogP contribution >= 0.6 is 11.6 Å². The first-order chi connectivity index (χ1) is 8.87. The number of hydrogen-bond donors (Lipinski definition) is 1. The Morgan fingerprint density at radius 1 is 1.26 bits per heavy atom. The summed E-state index contributed by atoms with van der Waals surface area (Å²) in [7, 11) is 0. The third-order valence-electron chi connectivity index (χ3n) is 2.40. The summed E-state index contributed by atoms with van der Waals surface area (Å²) in [5, 5.41) is 4.03. The SMILES string of the molecule is CC(C)(C)OC(=O)CCCNCc1ccc(Cl)cc1. The van der Waals surface area contributed by atoms with E-state index in [0.717, 1.165) is 24.5 Å². The van der Waals surface area contributed by atoms with Gasteiger partial charge in [-0.3, -0.25) is 4.79 Å². The summed E-state index contributed by atoms with van der Waals surface area (Å²) < 4.78 is 5.23. The molecular weight excluding hydrogens is 262 g/mol. The van der Waals surface area contributed by atoms with E-state index in [1.54, 1.807) is 0 Å². The molecule has 3 nitrogen and oxygen atoms in total. The zero-order valence-corrected chi connectivity index (χ0v) is 12.6. The van der Waals surface area contributed by atoms with Crippen LogP contribution in [0.1, 0.15) is 39.2 Å². The minimum atomic E-state index is -0.395. The topological polar surface area (TPSA) is 38.3 Å². The number of carbonyl (C=O) groups is 1. The van der Waals surface area contributed by atoms with Gasteiger partial charge < -0.3 is 10.1 Å². The molecule has 1 aromatic carbocycles. The zero-order chi connectivity index (χ0) is 14.3. The molecule has 1 aromatic rings. The maximum atomic E-state index is 11.5. The van der Waals surface area contributed by atoms with Crippen LogP contribution in [0.25, 0.3) is 0 Å². The van der Waals surface area contributed by atoms with Crippen molar-refractivity contribution in [3.63, 3.8) is 0 Å². The van der Waals surface area contributed by atoms with Crippen molar-refractivity contribution in [3.8, 4) is 0 Å². The van der Waals surface area contributed by atoms with Gasteiger partial charge in [0.05, 0.1) is 0 Å². The van der Waals surface area contributed by atoms with E-state index in [1.807, 2.05) is 45.0 Å². The standard InChI is InChI=1S/C15H22ClNO2/c1-15(2,3)19-14(18)5-4-10-17-11-12-6-8-13(16)9-7-12/h6-9,17H,4-5,10-11H2,1-3H3. The number of benzene rings is 1. The lowest BCUT2D eigenvalue weighted by Gasteiger charge is -2.19. The molecule has 0 saturated heterocycles. The predicted molar refractivity (Wildman–Crippen MR) is 78.2 cm³/mol. The van der Waals surface area contributed by atoms with Crippen molar-refractivity contribution in [2.75, 3.05) is 6.54 Å². The van der Waals surface area contributed by atoms with E-state index in [-0.39, 0.29) is 5.97 Å². The summed E-state index contributed by atoms with van der Waals surface area (Å²) in [6, 6.07) is 7.73. The quantitative estimate of drug-likeness (QED) is 0.641. The van der Waals surface area contributed by atoms with E-state index in [9.17, 15) is 4.79 Å². The second-order valence-electron chi connectivity index (χ2n) is 5.49. The van der Waals surface area contributed by atoms with Gasteiger partial charge in [-0.05, 0) is 51.4 Å². The largest absolute Gasteiger partial charge is 0.460 e. The van der Waals surface area contributed by atoms with Gasteiger partial charge >= 0.3 is 5.97 Å². The molecule has 0 amide bonds. The molecule has 0 aromatic heterocycles. The average molecular weight is 284 g/mol. The smallest absolute Gasteiger partial charge is 0.306 e. The third kappa shape index (κ3) is 7.85. The highest BCUT2D eigenvalue weighted by molar-refractivity contribution is 6.30. The second kappa shape index (κ2) is 7.51. The van der Waals surface area contributed by atoms with Gasteiger partial charge in [0, 0.05) is 18.0 Å². The minimum Gasteiger partial charge on any atom is -0.460 e. The highest BCUT2D eigenvalue weighted by Crippen LogP contribution is 2.10. The fourth-order valence-corrected chi connectivity index (χ4v) is 1.71. The number of halogens is 1. The summed E-state index contributed by atoms with van der Waals surface area (Å²) in [5.41, 5.74) is 0.787. The number of nitrogens with one attached hydrogen (secondary N) is 1. The van der Waals surface area contributed by atoms with Crippen molar-refractivity contribution in [2.45, 2.75) is 45.8 Å². The highest BCUT2D eigenvalue weighted by atomic mass is 35.5. The van der Waals surface area contributed by atoms with Crippen LogP contribution in [0.4, 0.5) is 0 Å². The Bertz CT molecular complexity index is 396. The molecule has 0 saturated carbocycles. The van der Waals surface area contributed by atoms with Gasteiger partial charge in [0.15, 0.2) is 0 Å². The number of carbonyl (C=O) groups excluding carboxylic acids is 1. The number of rotatable bonds is 6. The van der Waals surface area contributed by atoms with Crippen LogP contribution in [0, 0.1) is 0 Å². The zero-order valence-electron chi connectivity index (χ0n) is 11.8. The second-order valence-corrected chi connectivity index (χ2v) is 5.93. The van der Waals surface area contributed by atoms with Crippen molar-refractivity contribution in [3.05, 3.63) is 34.9 Å². The van der Waals surface area contributed by atoms with Crippen LogP contribution in [0.5, 0.6) is 0 Å². The van der Waals surface area contributed by atoms with Crippen LogP contribution in [0.3, 0.4) is 0 Å². The maximum Gasteiger partial charge on any atom is 0.306 e. The van der Waals surface area contributed by atoms with Gasteiger partial charge in [-0.25, -0.2) is 0 Å². The van der Waals surface area contributed by atoms with Crippen LogP contribution in [0.15, 0.2) is 24.3 Å². The van der Waals surface area contributed by atoms with E-state index >= 15 is 0 Å². The Labute approximate surface area is 120 Å². The molecular formula is C15H22ClNO2. The Kier molecular flexibility index (Phi) is 6.32. The lowest BCUT2D eigenvalue weighted by atomic mass is 10.2. The molecule has 0 atom stereocenters. The molecule has 0 spiro atoms. The molecule has 0 aliphatic heterocycles. The predicted octanol–water partition coefficient (Wildman–Crippen LogP) is 3.55. The molecule has 4 heteroatoms. The van der Waals surface area contributed by atoms with Crippen molar-refractivity contribution < 1.29 is 9.53 Å². The lowest BCUT2D eigenvalue weighted by Crippen LogP contribution is -2.24. The first kappa shape index (κ1) is 16.0. The number of esters is 1. The monoisotopic (exact) mass is 283 g/mol. The van der Waals surface area contributed by atoms with E-state index in [4.69, 9.17) is 16.3 Å². The first-order valence-corrected chi connectivity index (χ1v) is 6.91. The molecule has 1 rings (SSSR count). The van der Waals surface area contributed by atoms with Gasteiger partial charge in [-0.2, -0.15) is 0 Å². The van der Waals surface area contributed by atoms with Gasteiger partial charge in [-0.1, -0.05) is 23.7 Å². The fraction of sp³-hybridized carbons (Fsp3) is 0.533. The van der Waals surface area contributed by atoms with Crippen LogP contribution in [-0.2, 0) is 16.1 Å². The Balaban J connectivity index is 2.11. The molecule has 0 bridgehead atoms. The normalized spacial score (nSPS) is 11.4. The Morgan fingerprint density at radius 3 is 2.47 bits per heavy atom. The molecule has 0 fully saturated rings. The van der Waals surface area contributed by atoms with E-state index < -0.39 is 5.60 Å². The lowest BCUT2D eigenvalue weighted by molar-refractivity contribution is -0.154. The Hall–Kier alpha value is -1.06.